The zero-order valence-corrected chi connectivity index (χ0v) is 16.5. The molecule has 0 atom stereocenters. The van der Waals surface area contributed by atoms with Gasteiger partial charge in [0.25, 0.3) is 5.56 Å². The van der Waals surface area contributed by atoms with E-state index in [2.05, 4.69) is 75.1 Å². The summed E-state index contributed by atoms with van der Waals surface area (Å²) in [5, 5.41) is 11.3. The van der Waals surface area contributed by atoms with E-state index in [1.54, 1.807) is 22.8 Å². The maximum Gasteiger partial charge on any atom is 0.262 e. The first-order valence-electron chi connectivity index (χ1n) is 7.32. The van der Waals surface area contributed by atoms with Crippen molar-refractivity contribution in [2.45, 2.75) is 37.1 Å². The van der Waals surface area contributed by atoms with Crippen LogP contribution >= 0.6 is 34.4 Å². The molecule has 0 unspecified atom stereocenters. The van der Waals surface area contributed by atoms with E-state index in [9.17, 15) is 4.79 Å². The molecule has 24 heavy (non-hydrogen) atoms. The highest BCUT2D eigenvalue weighted by Crippen LogP contribution is 2.35. The van der Waals surface area contributed by atoms with Gasteiger partial charge >= 0.3 is 0 Å². The van der Waals surface area contributed by atoms with E-state index in [-0.39, 0.29) is 5.56 Å². The SMILES string of the molecule is Cc1cc(C)cc(Sc2c(Cn3cnnn3)c(C)[nH]c(=O)c2I)c1. The largest absolute Gasteiger partial charge is 0.325 e. The molecule has 0 saturated heterocycles. The standard InChI is InChI=1S/C16H16IN5OS/c1-9-4-10(2)6-12(5-9)24-15-13(7-22-8-18-20-21-22)11(3)19-16(23)14(15)17/h4-6,8H,7H2,1-3H3,(H,19,23). The van der Waals surface area contributed by atoms with Crippen molar-refractivity contribution in [2.24, 2.45) is 0 Å². The molecule has 3 aromatic rings. The highest BCUT2D eigenvalue weighted by atomic mass is 127. The number of nitrogens with zero attached hydrogens (tertiary/aromatic N) is 4. The highest BCUT2D eigenvalue weighted by molar-refractivity contribution is 14.1. The van der Waals surface area contributed by atoms with Crippen molar-refractivity contribution in [3.05, 3.63) is 60.8 Å². The van der Waals surface area contributed by atoms with Gasteiger partial charge in [-0.05, 0) is 77.0 Å². The van der Waals surface area contributed by atoms with Crippen molar-refractivity contribution in [1.29, 1.82) is 0 Å². The normalized spacial score (nSPS) is 11.0. The first kappa shape index (κ1) is 17.2. The van der Waals surface area contributed by atoms with Gasteiger partial charge in [0.1, 0.15) is 6.33 Å². The molecule has 6 nitrogen and oxygen atoms in total. The van der Waals surface area contributed by atoms with Gasteiger partial charge in [-0.2, -0.15) is 0 Å². The summed E-state index contributed by atoms with van der Waals surface area (Å²) in [6.45, 7) is 6.57. The van der Waals surface area contributed by atoms with E-state index in [0.29, 0.717) is 10.1 Å². The zero-order valence-electron chi connectivity index (χ0n) is 13.5. The molecule has 8 heteroatoms. The molecule has 0 aliphatic heterocycles. The number of hydrogen-bond donors (Lipinski definition) is 1. The molecule has 2 aromatic heterocycles. The summed E-state index contributed by atoms with van der Waals surface area (Å²) in [6.07, 6.45) is 1.57. The van der Waals surface area contributed by atoms with Crippen LogP contribution in [0.15, 0.2) is 39.1 Å². The Kier molecular flexibility index (Phi) is 5.04. The number of tetrazole rings is 1. The third-order valence-electron chi connectivity index (χ3n) is 3.55. The first-order chi connectivity index (χ1) is 11.4. The van der Waals surface area contributed by atoms with Gasteiger partial charge in [0.2, 0.25) is 0 Å². The van der Waals surface area contributed by atoms with E-state index in [1.165, 1.54) is 11.1 Å². The molecule has 0 amide bonds. The smallest absolute Gasteiger partial charge is 0.262 e. The van der Waals surface area contributed by atoms with Gasteiger partial charge in [-0.1, -0.05) is 17.8 Å². The molecular formula is C16H16IN5OS. The number of pyridine rings is 1. The van der Waals surface area contributed by atoms with E-state index in [0.717, 1.165) is 21.0 Å². The maximum atomic E-state index is 12.2. The predicted molar refractivity (Wildman–Crippen MR) is 101 cm³/mol. The van der Waals surface area contributed by atoms with Crippen LogP contribution < -0.4 is 5.56 Å². The number of rotatable bonds is 4. The number of hydrogen-bond acceptors (Lipinski definition) is 5. The van der Waals surface area contributed by atoms with Crippen LogP contribution in [-0.2, 0) is 6.54 Å². The van der Waals surface area contributed by atoms with Crippen LogP contribution in [0, 0.1) is 24.3 Å². The lowest BCUT2D eigenvalue weighted by atomic mass is 10.2. The quantitative estimate of drug-likeness (QED) is 0.615. The number of halogens is 1. The minimum absolute atomic E-state index is 0.0690. The lowest BCUT2D eigenvalue weighted by molar-refractivity contribution is 0.635. The Morgan fingerprint density at radius 2 is 1.92 bits per heavy atom. The molecule has 124 valence electrons. The van der Waals surface area contributed by atoms with Crippen molar-refractivity contribution in [3.8, 4) is 0 Å². The molecule has 2 heterocycles. The summed E-state index contributed by atoms with van der Waals surface area (Å²) in [4.78, 5) is 17.2. The van der Waals surface area contributed by atoms with Crippen molar-refractivity contribution >= 4 is 34.4 Å². The summed E-state index contributed by atoms with van der Waals surface area (Å²) in [5.74, 6) is 0. The van der Waals surface area contributed by atoms with Crippen LogP contribution in [0.5, 0.6) is 0 Å². The Morgan fingerprint density at radius 3 is 2.54 bits per heavy atom. The maximum absolute atomic E-state index is 12.2. The van der Waals surface area contributed by atoms with Crippen LogP contribution in [0.25, 0.3) is 0 Å². The van der Waals surface area contributed by atoms with E-state index < -0.39 is 0 Å². The topological polar surface area (TPSA) is 76.5 Å². The first-order valence-corrected chi connectivity index (χ1v) is 9.21. The Bertz CT molecular complexity index is 916. The van der Waals surface area contributed by atoms with E-state index in [1.807, 2.05) is 6.92 Å². The Balaban J connectivity index is 2.09. The summed E-state index contributed by atoms with van der Waals surface area (Å²) < 4.78 is 2.34. The fourth-order valence-corrected chi connectivity index (χ4v) is 4.57. The summed E-state index contributed by atoms with van der Waals surface area (Å²) >= 11 is 3.72. The van der Waals surface area contributed by atoms with Crippen molar-refractivity contribution in [2.75, 3.05) is 0 Å². The summed E-state index contributed by atoms with van der Waals surface area (Å²) in [5.41, 5.74) is 4.20. The number of aromatic nitrogens is 5. The van der Waals surface area contributed by atoms with Crippen LogP contribution in [0.4, 0.5) is 0 Å². The molecule has 0 bridgehead atoms. The predicted octanol–water partition coefficient (Wildman–Crippen LogP) is 3.09. The van der Waals surface area contributed by atoms with Crippen LogP contribution in [0.2, 0.25) is 0 Å². The van der Waals surface area contributed by atoms with Gasteiger partial charge in [-0.15, -0.1) is 5.10 Å². The lowest BCUT2D eigenvalue weighted by Crippen LogP contribution is -2.17. The van der Waals surface area contributed by atoms with Crippen LogP contribution in [0.3, 0.4) is 0 Å². The number of H-pyrrole nitrogens is 1. The van der Waals surface area contributed by atoms with Gasteiger partial charge in [-0.3, -0.25) is 4.79 Å². The van der Waals surface area contributed by atoms with Gasteiger partial charge < -0.3 is 4.98 Å². The van der Waals surface area contributed by atoms with Crippen LogP contribution in [-0.4, -0.2) is 25.2 Å². The third-order valence-corrected chi connectivity index (χ3v) is 6.07. The third kappa shape index (κ3) is 3.69. The Morgan fingerprint density at radius 1 is 1.21 bits per heavy atom. The monoisotopic (exact) mass is 453 g/mol. The molecule has 0 aliphatic rings. The second-order valence-electron chi connectivity index (χ2n) is 5.63. The van der Waals surface area contributed by atoms with Crippen molar-refractivity contribution < 1.29 is 0 Å². The van der Waals surface area contributed by atoms with E-state index >= 15 is 0 Å². The molecule has 0 aliphatic carbocycles. The van der Waals surface area contributed by atoms with Crippen LogP contribution in [0.1, 0.15) is 22.4 Å². The molecule has 0 saturated carbocycles. The summed E-state index contributed by atoms with van der Waals surface area (Å²) in [6, 6.07) is 6.40. The minimum Gasteiger partial charge on any atom is -0.325 e. The summed E-state index contributed by atoms with van der Waals surface area (Å²) in [7, 11) is 0. The molecule has 0 spiro atoms. The van der Waals surface area contributed by atoms with Gasteiger partial charge in [-0.25, -0.2) is 4.68 Å². The average Bonchev–Trinajstić information content (AvgIpc) is 3.00. The van der Waals surface area contributed by atoms with Gasteiger partial charge in [0, 0.05) is 21.0 Å². The molecular weight excluding hydrogens is 437 g/mol. The number of aromatic amines is 1. The van der Waals surface area contributed by atoms with E-state index in [4.69, 9.17) is 0 Å². The average molecular weight is 453 g/mol. The second kappa shape index (κ2) is 7.06. The highest BCUT2D eigenvalue weighted by Gasteiger charge is 2.16. The minimum atomic E-state index is -0.0690. The van der Waals surface area contributed by atoms with Crippen molar-refractivity contribution in [1.82, 2.24) is 25.2 Å². The number of aryl methyl sites for hydroxylation is 3. The second-order valence-corrected chi connectivity index (χ2v) is 7.80. The molecule has 0 radical (unpaired) electrons. The Hall–Kier alpha value is -1.68. The van der Waals surface area contributed by atoms with Gasteiger partial charge in [0.15, 0.2) is 0 Å². The molecule has 1 N–H and O–H groups in total. The molecule has 3 rings (SSSR count). The fourth-order valence-electron chi connectivity index (χ4n) is 2.53. The molecule has 0 fully saturated rings. The Labute approximate surface area is 157 Å². The molecule has 1 aromatic carbocycles. The van der Waals surface area contributed by atoms with Gasteiger partial charge in [0.05, 0.1) is 10.1 Å². The number of benzene rings is 1. The lowest BCUT2D eigenvalue weighted by Gasteiger charge is -2.14. The van der Waals surface area contributed by atoms with Crippen molar-refractivity contribution in [3.63, 3.8) is 0 Å². The zero-order chi connectivity index (χ0) is 17.3. The number of nitrogens with one attached hydrogen (secondary N) is 1. The fraction of sp³-hybridized carbons (Fsp3) is 0.250.